The highest BCUT2D eigenvalue weighted by atomic mass is 32.2. The number of sulfonamides is 1. The van der Waals surface area contributed by atoms with E-state index in [9.17, 15) is 13.2 Å². The van der Waals surface area contributed by atoms with Crippen molar-refractivity contribution in [2.45, 2.75) is 51.2 Å². The summed E-state index contributed by atoms with van der Waals surface area (Å²) in [6.07, 6.45) is 0.228. The van der Waals surface area contributed by atoms with Crippen LogP contribution >= 0.6 is 0 Å². The number of morpholine rings is 1. The molecule has 0 spiro atoms. The van der Waals surface area contributed by atoms with Crippen molar-refractivity contribution in [2.24, 2.45) is 0 Å². The molecule has 0 saturated carbocycles. The van der Waals surface area contributed by atoms with Crippen LogP contribution < -0.4 is 14.8 Å². The largest absolute Gasteiger partial charge is 0.490 e. The number of nitrogens with zero attached hydrogens (tertiary/aromatic N) is 1. The van der Waals surface area contributed by atoms with E-state index in [1.54, 1.807) is 12.1 Å². The van der Waals surface area contributed by atoms with Gasteiger partial charge in [-0.05, 0) is 70.0 Å². The average molecular weight is 491 g/mol. The van der Waals surface area contributed by atoms with Crippen LogP contribution in [0.4, 0.5) is 0 Å². The Morgan fingerprint density at radius 2 is 1.71 bits per heavy atom. The first-order valence-corrected chi connectivity index (χ1v) is 13.1. The number of hydrogen-bond acceptors (Lipinski definition) is 6. The first kappa shape index (κ1) is 26.0. The molecule has 0 unspecified atom stereocenters. The molecule has 9 heteroatoms. The number of benzene rings is 2. The average Bonchev–Trinajstić information content (AvgIpc) is 2.80. The third-order valence-corrected chi connectivity index (χ3v) is 7.25. The van der Waals surface area contributed by atoms with Crippen molar-refractivity contribution in [3.8, 4) is 11.5 Å². The molecular weight excluding hydrogens is 456 g/mol. The second-order valence-electron chi connectivity index (χ2n) is 8.26. The zero-order valence-electron chi connectivity index (χ0n) is 20.2. The Morgan fingerprint density at radius 1 is 1.03 bits per heavy atom. The predicted octanol–water partition coefficient (Wildman–Crippen LogP) is 3.25. The molecule has 1 fully saturated rings. The van der Waals surface area contributed by atoms with Crippen molar-refractivity contribution in [3.63, 3.8) is 0 Å². The minimum absolute atomic E-state index is 0.106. The smallest absolute Gasteiger partial charge is 0.251 e. The molecule has 2 atom stereocenters. The minimum atomic E-state index is -3.72. The van der Waals surface area contributed by atoms with Crippen molar-refractivity contribution >= 4 is 15.9 Å². The molecule has 0 aromatic heterocycles. The first-order valence-electron chi connectivity index (χ1n) is 11.7. The lowest BCUT2D eigenvalue weighted by atomic mass is 10.1. The molecule has 8 nitrogen and oxygen atoms in total. The van der Waals surface area contributed by atoms with Gasteiger partial charge < -0.3 is 19.5 Å². The van der Waals surface area contributed by atoms with Gasteiger partial charge in [0.25, 0.3) is 5.91 Å². The Labute approximate surface area is 202 Å². The minimum Gasteiger partial charge on any atom is -0.490 e. The van der Waals surface area contributed by atoms with Crippen LogP contribution in [0.3, 0.4) is 0 Å². The summed E-state index contributed by atoms with van der Waals surface area (Å²) < 4.78 is 44.6. The lowest BCUT2D eigenvalue weighted by Crippen LogP contribution is -2.48. The summed E-state index contributed by atoms with van der Waals surface area (Å²) in [6, 6.07) is 11.9. The molecule has 0 aliphatic carbocycles. The molecule has 1 saturated heterocycles. The van der Waals surface area contributed by atoms with Crippen molar-refractivity contribution in [3.05, 3.63) is 53.6 Å². The topological polar surface area (TPSA) is 94.2 Å². The van der Waals surface area contributed by atoms with Crippen LogP contribution in [0.5, 0.6) is 11.5 Å². The SMILES string of the molecule is CCOc1ccc(CCNC(=O)c2cccc(S(=O)(=O)N3C[C@@H](C)O[C@H](C)C3)c2)cc1OCC. The lowest BCUT2D eigenvalue weighted by molar-refractivity contribution is -0.0440. The van der Waals surface area contributed by atoms with Gasteiger partial charge in [-0.25, -0.2) is 8.42 Å². The van der Waals surface area contributed by atoms with Crippen LogP contribution in [0.1, 0.15) is 43.6 Å². The second-order valence-corrected chi connectivity index (χ2v) is 10.2. The second kappa shape index (κ2) is 11.7. The summed E-state index contributed by atoms with van der Waals surface area (Å²) in [5, 5.41) is 2.87. The molecule has 0 radical (unpaired) electrons. The molecule has 0 bridgehead atoms. The van der Waals surface area contributed by atoms with Crippen molar-refractivity contribution in [1.82, 2.24) is 9.62 Å². The Bertz CT molecular complexity index is 1080. The van der Waals surface area contributed by atoms with Crippen LogP contribution in [0.15, 0.2) is 47.4 Å². The third-order valence-electron chi connectivity index (χ3n) is 5.43. The number of ether oxygens (including phenoxy) is 3. The highest BCUT2D eigenvalue weighted by Crippen LogP contribution is 2.28. The summed E-state index contributed by atoms with van der Waals surface area (Å²) in [5.74, 6) is 1.05. The van der Waals surface area contributed by atoms with Crippen molar-refractivity contribution in [1.29, 1.82) is 0 Å². The maximum Gasteiger partial charge on any atom is 0.251 e. The number of rotatable bonds is 10. The van der Waals surface area contributed by atoms with E-state index < -0.39 is 10.0 Å². The summed E-state index contributed by atoms with van der Waals surface area (Å²) >= 11 is 0. The third kappa shape index (κ3) is 6.49. The van der Waals surface area contributed by atoms with Crippen LogP contribution in [-0.4, -0.2) is 63.7 Å². The molecule has 186 valence electrons. The zero-order chi connectivity index (χ0) is 24.7. The fraction of sp³-hybridized carbons (Fsp3) is 0.480. The Morgan fingerprint density at radius 3 is 2.38 bits per heavy atom. The van der Waals surface area contributed by atoms with E-state index in [0.29, 0.717) is 43.2 Å². The maximum atomic E-state index is 13.1. The molecule has 34 heavy (non-hydrogen) atoms. The van der Waals surface area contributed by atoms with Gasteiger partial charge >= 0.3 is 0 Å². The van der Waals surface area contributed by atoms with E-state index >= 15 is 0 Å². The van der Waals surface area contributed by atoms with Crippen molar-refractivity contribution < 1.29 is 27.4 Å². The molecule has 1 amide bonds. The standard InChI is InChI=1S/C25H34N2O6S/c1-5-31-23-11-10-20(14-24(23)32-6-2)12-13-26-25(28)21-8-7-9-22(15-21)34(29,30)27-16-18(3)33-19(4)17-27/h7-11,14-15,18-19H,5-6,12-13,16-17H2,1-4H3,(H,26,28)/t18-,19-/m1/s1. The highest BCUT2D eigenvalue weighted by molar-refractivity contribution is 7.89. The van der Waals surface area contributed by atoms with Gasteiger partial charge in [-0.1, -0.05) is 12.1 Å². The van der Waals surface area contributed by atoms with E-state index in [1.165, 1.54) is 16.4 Å². The molecule has 1 aliphatic rings. The van der Waals surface area contributed by atoms with Gasteiger partial charge in [-0.15, -0.1) is 0 Å². The zero-order valence-corrected chi connectivity index (χ0v) is 21.1. The van der Waals surface area contributed by atoms with Gasteiger partial charge in [-0.3, -0.25) is 4.79 Å². The van der Waals surface area contributed by atoms with Gasteiger partial charge in [0, 0.05) is 25.2 Å². The molecule has 2 aromatic rings. The van der Waals surface area contributed by atoms with Crippen LogP contribution in [-0.2, 0) is 21.2 Å². The quantitative estimate of drug-likeness (QED) is 0.550. The van der Waals surface area contributed by atoms with Gasteiger partial charge in [-0.2, -0.15) is 4.31 Å². The summed E-state index contributed by atoms with van der Waals surface area (Å²) in [5.41, 5.74) is 1.30. The van der Waals surface area contributed by atoms with E-state index in [0.717, 1.165) is 5.56 Å². The van der Waals surface area contributed by atoms with Crippen LogP contribution in [0.2, 0.25) is 0 Å². The number of carbonyl (C=O) groups excluding carboxylic acids is 1. The predicted molar refractivity (Wildman–Crippen MR) is 130 cm³/mol. The van der Waals surface area contributed by atoms with E-state index in [4.69, 9.17) is 14.2 Å². The fourth-order valence-electron chi connectivity index (χ4n) is 3.95. The van der Waals surface area contributed by atoms with Gasteiger partial charge in [0.15, 0.2) is 11.5 Å². The Balaban J connectivity index is 1.64. The summed E-state index contributed by atoms with van der Waals surface area (Å²) in [6.45, 7) is 9.58. The monoisotopic (exact) mass is 490 g/mol. The van der Waals surface area contributed by atoms with Crippen LogP contribution in [0, 0.1) is 0 Å². The highest BCUT2D eigenvalue weighted by Gasteiger charge is 2.32. The van der Waals surface area contributed by atoms with E-state index in [2.05, 4.69) is 5.32 Å². The van der Waals surface area contributed by atoms with E-state index in [-0.39, 0.29) is 36.1 Å². The normalized spacial score (nSPS) is 18.9. The molecule has 1 N–H and O–H groups in total. The molecular formula is C25H34N2O6S. The maximum absolute atomic E-state index is 13.1. The molecule has 2 aromatic carbocycles. The number of amides is 1. The fourth-order valence-corrected chi connectivity index (χ4v) is 5.58. The molecule has 1 heterocycles. The van der Waals surface area contributed by atoms with E-state index in [1.807, 2.05) is 45.9 Å². The summed E-state index contributed by atoms with van der Waals surface area (Å²) in [7, 11) is -3.72. The van der Waals surface area contributed by atoms with Gasteiger partial charge in [0.05, 0.1) is 30.3 Å². The van der Waals surface area contributed by atoms with Gasteiger partial charge in [0.2, 0.25) is 10.0 Å². The lowest BCUT2D eigenvalue weighted by Gasteiger charge is -2.34. The van der Waals surface area contributed by atoms with Crippen LogP contribution in [0.25, 0.3) is 0 Å². The number of hydrogen-bond donors (Lipinski definition) is 1. The first-order chi connectivity index (χ1) is 16.2. The van der Waals surface area contributed by atoms with Gasteiger partial charge in [0.1, 0.15) is 0 Å². The Kier molecular flexibility index (Phi) is 8.93. The molecule has 3 rings (SSSR count). The number of carbonyl (C=O) groups is 1. The van der Waals surface area contributed by atoms with Crippen molar-refractivity contribution in [2.75, 3.05) is 32.8 Å². The molecule has 1 aliphatic heterocycles. The summed E-state index contributed by atoms with van der Waals surface area (Å²) in [4.78, 5) is 12.8. The Hall–Kier alpha value is -2.62. The number of nitrogens with one attached hydrogen (secondary N) is 1.